The van der Waals surface area contributed by atoms with Gasteiger partial charge in [0.1, 0.15) is 0 Å². The molecule has 26 heavy (non-hydrogen) atoms. The van der Waals surface area contributed by atoms with Gasteiger partial charge in [-0.25, -0.2) is 0 Å². The van der Waals surface area contributed by atoms with Crippen molar-refractivity contribution in [1.29, 1.82) is 0 Å². The van der Waals surface area contributed by atoms with Crippen molar-refractivity contribution in [3.63, 3.8) is 0 Å². The maximum atomic E-state index is 12.8. The lowest BCUT2D eigenvalue weighted by Gasteiger charge is -2.24. The number of carbonyl (C=O) groups is 2. The first-order valence-corrected chi connectivity index (χ1v) is 9.71. The lowest BCUT2D eigenvalue weighted by Crippen LogP contribution is -2.37. The molecule has 4 rings (SSSR count). The molecule has 2 amide bonds. The second kappa shape index (κ2) is 7.10. The van der Waals surface area contributed by atoms with Crippen LogP contribution >= 0.6 is 0 Å². The van der Waals surface area contributed by atoms with Crippen LogP contribution in [0.3, 0.4) is 0 Å². The van der Waals surface area contributed by atoms with Crippen molar-refractivity contribution >= 4 is 22.6 Å². The summed E-state index contributed by atoms with van der Waals surface area (Å²) in [6, 6.07) is 14.7. The van der Waals surface area contributed by atoms with Crippen molar-refractivity contribution in [3.05, 3.63) is 48.0 Å². The molecule has 1 heterocycles. The van der Waals surface area contributed by atoms with Crippen LogP contribution in [0, 0.1) is 5.92 Å². The Morgan fingerprint density at radius 3 is 2.65 bits per heavy atom. The van der Waals surface area contributed by atoms with E-state index in [4.69, 9.17) is 0 Å². The lowest BCUT2D eigenvalue weighted by atomic mass is 9.99. The second-order valence-corrected chi connectivity index (χ2v) is 7.68. The number of amides is 2. The summed E-state index contributed by atoms with van der Waals surface area (Å²) in [5.41, 5.74) is 1.12. The molecule has 2 aromatic carbocycles. The quantitative estimate of drug-likeness (QED) is 0.911. The number of nitrogens with zero attached hydrogens (tertiary/aromatic N) is 1. The van der Waals surface area contributed by atoms with E-state index in [9.17, 15) is 9.59 Å². The molecule has 0 aromatic heterocycles. The third-order valence-electron chi connectivity index (χ3n) is 5.94. The first-order chi connectivity index (χ1) is 12.6. The number of nitrogens with one attached hydrogen (secondary N) is 1. The normalized spacial score (nSPS) is 22.1. The van der Waals surface area contributed by atoms with Gasteiger partial charge in [-0.2, -0.15) is 0 Å². The average molecular weight is 350 g/mol. The van der Waals surface area contributed by atoms with Gasteiger partial charge in [0.2, 0.25) is 11.8 Å². The van der Waals surface area contributed by atoms with Crippen LogP contribution in [0.25, 0.3) is 10.8 Å². The largest absolute Gasteiger partial charge is 0.349 e. The van der Waals surface area contributed by atoms with Gasteiger partial charge in [-0.15, -0.1) is 0 Å². The Bertz CT molecular complexity index is 821. The van der Waals surface area contributed by atoms with Crippen LogP contribution in [0.2, 0.25) is 0 Å². The minimum atomic E-state index is -0.222. The molecule has 2 aliphatic rings. The van der Waals surface area contributed by atoms with Crippen LogP contribution in [-0.2, 0) is 9.59 Å². The number of benzene rings is 2. The highest BCUT2D eigenvalue weighted by molar-refractivity contribution is 5.90. The molecule has 1 aliphatic carbocycles. The topological polar surface area (TPSA) is 49.4 Å². The summed E-state index contributed by atoms with van der Waals surface area (Å²) in [4.78, 5) is 27.1. The highest BCUT2D eigenvalue weighted by Crippen LogP contribution is 2.30. The predicted molar refractivity (Wildman–Crippen MR) is 103 cm³/mol. The van der Waals surface area contributed by atoms with Crippen molar-refractivity contribution in [1.82, 2.24) is 10.2 Å². The molecule has 136 valence electrons. The molecule has 1 N–H and O–H groups in total. The van der Waals surface area contributed by atoms with Crippen LogP contribution in [0.5, 0.6) is 0 Å². The Hall–Kier alpha value is -2.36. The van der Waals surface area contributed by atoms with Crippen molar-refractivity contribution in [2.45, 2.75) is 51.1 Å². The fourth-order valence-electron chi connectivity index (χ4n) is 4.51. The zero-order chi connectivity index (χ0) is 18.1. The van der Waals surface area contributed by atoms with E-state index in [2.05, 4.69) is 29.6 Å². The fourth-order valence-corrected chi connectivity index (χ4v) is 4.51. The minimum Gasteiger partial charge on any atom is -0.349 e. The van der Waals surface area contributed by atoms with Gasteiger partial charge >= 0.3 is 0 Å². The molecule has 0 spiro atoms. The Morgan fingerprint density at radius 2 is 1.85 bits per heavy atom. The van der Waals surface area contributed by atoms with E-state index in [0.717, 1.165) is 23.8 Å². The highest BCUT2D eigenvalue weighted by Gasteiger charge is 2.38. The Kier molecular flexibility index (Phi) is 4.66. The SMILES string of the molecule is C[C@@H](NC(=O)[C@H]1CC(=O)N(C2CCCC2)C1)c1cccc2ccccc12. The Labute approximate surface area is 154 Å². The summed E-state index contributed by atoms with van der Waals surface area (Å²) < 4.78 is 0. The molecule has 0 unspecified atom stereocenters. The van der Waals surface area contributed by atoms with Gasteiger partial charge in [0.15, 0.2) is 0 Å². The van der Waals surface area contributed by atoms with E-state index >= 15 is 0 Å². The van der Waals surface area contributed by atoms with Crippen molar-refractivity contribution in [2.24, 2.45) is 5.92 Å². The third kappa shape index (κ3) is 3.20. The van der Waals surface area contributed by atoms with Crippen LogP contribution in [0.1, 0.15) is 50.6 Å². The molecule has 2 atom stereocenters. The summed E-state index contributed by atoms with van der Waals surface area (Å²) in [5.74, 6) is -0.0744. The number of carbonyl (C=O) groups excluding carboxylic acids is 2. The van der Waals surface area contributed by atoms with E-state index in [1.807, 2.05) is 30.0 Å². The summed E-state index contributed by atoms with van der Waals surface area (Å²) >= 11 is 0. The van der Waals surface area contributed by atoms with Crippen LogP contribution < -0.4 is 5.32 Å². The number of fused-ring (bicyclic) bond motifs is 1. The van der Waals surface area contributed by atoms with Gasteiger partial charge in [-0.05, 0) is 36.1 Å². The summed E-state index contributed by atoms with van der Waals surface area (Å²) in [7, 11) is 0. The van der Waals surface area contributed by atoms with Crippen LogP contribution in [0.15, 0.2) is 42.5 Å². The van der Waals surface area contributed by atoms with Gasteiger partial charge in [0.25, 0.3) is 0 Å². The number of rotatable bonds is 4. The summed E-state index contributed by atoms with van der Waals surface area (Å²) in [5, 5.41) is 5.48. The fraction of sp³-hybridized carbons (Fsp3) is 0.455. The highest BCUT2D eigenvalue weighted by atomic mass is 16.2. The first-order valence-electron chi connectivity index (χ1n) is 9.71. The molecular formula is C22H26N2O2. The van der Waals surface area contributed by atoms with Gasteiger partial charge in [0.05, 0.1) is 12.0 Å². The van der Waals surface area contributed by atoms with Crippen LogP contribution in [-0.4, -0.2) is 29.3 Å². The number of hydrogen-bond acceptors (Lipinski definition) is 2. The van der Waals surface area contributed by atoms with E-state index in [0.29, 0.717) is 19.0 Å². The van der Waals surface area contributed by atoms with Crippen molar-refractivity contribution in [3.8, 4) is 0 Å². The number of likely N-dealkylation sites (tertiary alicyclic amines) is 1. The monoisotopic (exact) mass is 350 g/mol. The Balaban J connectivity index is 1.45. The number of hydrogen-bond donors (Lipinski definition) is 1. The molecule has 4 nitrogen and oxygen atoms in total. The maximum Gasteiger partial charge on any atom is 0.225 e. The maximum absolute atomic E-state index is 12.8. The molecule has 1 saturated carbocycles. The van der Waals surface area contributed by atoms with Gasteiger partial charge in [0, 0.05) is 19.0 Å². The third-order valence-corrected chi connectivity index (χ3v) is 5.94. The molecule has 4 heteroatoms. The zero-order valence-electron chi connectivity index (χ0n) is 15.3. The van der Waals surface area contributed by atoms with E-state index < -0.39 is 0 Å². The lowest BCUT2D eigenvalue weighted by molar-refractivity contribution is -0.130. The summed E-state index contributed by atoms with van der Waals surface area (Å²) in [6.45, 7) is 2.60. The van der Waals surface area contributed by atoms with E-state index in [1.165, 1.54) is 18.2 Å². The minimum absolute atomic E-state index is 0.000666. The van der Waals surface area contributed by atoms with Crippen LogP contribution in [0.4, 0.5) is 0 Å². The van der Waals surface area contributed by atoms with E-state index in [-0.39, 0.29) is 23.8 Å². The van der Waals surface area contributed by atoms with Crippen molar-refractivity contribution in [2.75, 3.05) is 6.54 Å². The second-order valence-electron chi connectivity index (χ2n) is 7.68. The molecule has 0 radical (unpaired) electrons. The van der Waals surface area contributed by atoms with Gasteiger partial charge in [-0.1, -0.05) is 55.3 Å². The summed E-state index contributed by atoms with van der Waals surface area (Å²) in [6.07, 6.45) is 4.93. The van der Waals surface area contributed by atoms with Gasteiger partial charge in [-0.3, -0.25) is 9.59 Å². The van der Waals surface area contributed by atoms with E-state index in [1.54, 1.807) is 0 Å². The molecule has 1 aliphatic heterocycles. The predicted octanol–water partition coefficient (Wildman–Crippen LogP) is 3.81. The first kappa shape index (κ1) is 17.1. The average Bonchev–Trinajstić information content (AvgIpc) is 3.30. The van der Waals surface area contributed by atoms with Crippen molar-refractivity contribution < 1.29 is 9.59 Å². The molecular weight excluding hydrogens is 324 g/mol. The molecule has 2 aromatic rings. The molecule has 2 fully saturated rings. The Morgan fingerprint density at radius 1 is 1.12 bits per heavy atom. The zero-order valence-corrected chi connectivity index (χ0v) is 15.3. The standard InChI is InChI=1S/C22H26N2O2/c1-15(19-12-6-8-16-7-2-5-11-20(16)19)23-22(26)17-13-21(25)24(14-17)18-9-3-4-10-18/h2,5-8,11-12,15,17-18H,3-4,9-10,13-14H2,1H3,(H,23,26)/t15-,17+/m1/s1. The molecule has 0 bridgehead atoms. The molecule has 1 saturated heterocycles. The smallest absolute Gasteiger partial charge is 0.225 e. The van der Waals surface area contributed by atoms with Gasteiger partial charge < -0.3 is 10.2 Å².